The zero-order chi connectivity index (χ0) is 33.1. The van der Waals surface area contributed by atoms with Crippen molar-refractivity contribution in [2.24, 2.45) is 5.92 Å². The molecule has 2 aliphatic heterocycles. The summed E-state index contributed by atoms with van der Waals surface area (Å²) in [5, 5.41) is 11.3. The van der Waals surface area contributed by atoms with Crippen LogP contribution in [0.4, 0.5) is 13.2 Å². The number of alkyl halides is 3. The van der Waals surface area contributed by atoms with Crippen molar-refractivity contribution in [3.63, 3.8) is 0 Å². The van der Waals surface area contributed by atoms with E-state index in [0.29, 0.717) is 24.2 Å². The Bertz CT molecular complexity index is 1780. The second-order valence-corrected chi connectivity index (χ2v) is 13.0. The van der Waals surface area contributed by atoms with Crippen LogP contribution in [0.15, 0.2) is 60.7 Å². The summed E-state index contributed by atoms with van der Waals surface area (Å²) >= 11 is 0. The van der Waals surface area contributed by atoms with Crippen LogP contribution in [-0.4, -0.2) is 65.1 Å². The largest absolute Gasteiger partial charge is 0.508 e. The van der Waals surface area contributed by atoms with Crippen molar-refractivity contribution in [1.82, 2.24) is 9.80 Å². The molecule has 1 spiro atoms. The first kappa shape index (κ1) is 31.1. The van der Waals surface area contributed by atoms with E-state index in [4.69, 9.17) is 9.47 Å². The number of aromatic hydroxyl groups is 1. The molecule has 47 heavy (non-hydrogen) atoms. The third-order valence-corrected chi connectivity index (χ3v) is 10.6. The molecule has 2 bridgehead atoms. The third kappa shape index (κ3) is 5.31. The van der Waals surface area contributed by atoms with Crippen molar-refractivity contribution in [1.29, 1.82) is 0 Å². The summed E-state index contributed by atoms with van der Waals surface area (Å²) in [6.45, 7) is 2.99. The Hall–Kier alpha value is -4.49. The minimum Gasteiger partial charge on any atom is -0.508 e. The number of benzene rings is 3. The van der Waals surface area contributed by atoms with Crippen molar-refractivity contribution in [3.8, 4) is 29.1 Å². The van der Waals surface area contributed by atoms with E-state index in [1.165, 1.54) is 30.7 Å². The van der Waals surface area contributed by atoms with E-state index in [2.05, 4.69) is 28.9 Å². The van der Waals surface area contributed by atoms with Crippen LogP contribution >= 0.6 is 0 Å². The monoisotopic (exact) mass is 644 g/mol. The number of piperidine rings is 1. The first-order chi connectivity index (χ1) is 22.5. The van der Waals surface area contributed by atoms with Crippen LogP contribution in [-0.2, 0) is 34.0 Å². The molecule has 1 saturated heterocycles. The van der Waals surface area contributed by atoms with Gasteiger partial charge in [0.25, 0.3) is 5.91 Å². The second-order valence-electron chi connectivity index (χ2n) is 13.0. The van der Waals surface area contributed by atoms with Gasteiger partial charge in [0.2, 0.25) is 0 Å². The molecular formula is C37H35F3N2O5. The van der Waals surface area contributed by atoms with Gasteiger partial charge in [-0.05, 0) is 74.4 Å². The number of carbonyl (C=O) groups is 2. The molecule has 0 radical (unpaired) electrons. The SMILES string of the molecule is CC(=O)Oc1cc(O)c2c3c1O[C@H]1[C@H](N(C)C(=O)C#Cc4ccc(C(F)(F)F)cc4)CC[C@H]4[C@@H](C2)N(CCc2ccccc2)CC[C@@]341. The number of halogens is 3. The summed E-state index contributed by atoms with van der Waals surface area (Å²) in [6.07, 6.45) is -1.16. The highest BCUT2D eigenvalue weighted by Gasteiger charge is 2.67. The van der Waals surface area contributed by atoms with E-state index in [-0.39, 0.29) is 29.5 Å². The van der Waals surface area contributed by atoms with Gasteiger partial charge < -0.3 is 19.5 Å². The minimum atomic E-state index is -4.46. The van der Waals surface area contributed by atoms with Gasteiger partial charge in [0, 0.05) is 60.7 Å². The van der Waals surface area contributed by atoms with Gasteiger partial charge in [-0.2, -0.15) is 13.2 Å². The van der Waals surface area contributed by atoms with Crippen LogP contribution in [0.25, 0.3) is 0 Å². The maximum atomic E-state index is 13.5. The zero-order valence-corrected chi connectivity index (χ0v) is 26.1. The Balaban J connectivity index is 1.21. The first-order valence-electron chi connectivity index (χ1n) is 16.0. The number of phenols is 1. The number of likely N-dealkylation sites (N-methyl/N-ethyl adjacent to an activating group) is 1. The number of amides is 1. The summed E-state index contributed by atoms with van der Waals surface area (Å²) in [7, 11) is 1.68. The van der Waals surface area contributed by atoms with Crippen LogP contribution in [0.5, 0.6) is 17.2 Å². The molecule has 1 amide bonds. The van der Waals surface area contributed by atoms with Crippen molar-refractivity contribution in [3.05, 3.63) is 88.5 Å². The highest BCUT2D eigenvalue weighted by molar-refractivity contribution is 5.94. The normalized spacial score (nSPS) is 25.6. The number of phenolic OH excluding ortho intramolecular Hbond substituents is 1. The van der Waals surface area contributed by atoms with Crippen molar-refractivity contribution >= 4 is 11.9 Å². The molecular weight excluding hydrogens is 609 g/mol. The van der Waals surface area contributed by atoms with Gasteiger partial charge in [-0.1, -0.05) is 36.3 Å². The van der Waals surface area contributed by atoms with Gasteiger partial charge in [0.1, 0.15) is 11.9 Å². The van der Waals surface area contributed by atoms with Crippen molar-refractivity contribution < 1.29 is 37.3 Å². The van der Waals surface area contributed by atoms with Gasteiger partial charge >= 0.3 is 12.1 Å². The molecule has 4 aliphatic rings. The molecule has 3 aromatic carbocycles. The maximum Gasteiger partial charge on any atom is 0.416 e. The topological polar surface area (TPSA) is 79.3 Å². The smallest absolute Gasteiger partial charge is 0.416 e. The quantitative estimate of drug-likeness (QED) is 0.225. The number of likely N-dealkylation sites (tertiary alicyclic amines) is 1. The summed E-state index contributed by atoms with van der Waals surface area (Å²) in [6, 6.07) is 16.0. The lowest BCUT2D eigenvalue weighted by Gasteiger charge is -2.60. The van der Waals surface area contributed by atoms with E-state index >= 15 is 0 Å². The molecule has 2 fully saturated rings. The molecule has 10 heteroatoms. The molecule has 3 aromatic rings. The lowest BCUT2D eigenvalue weighted by molar-refractivity contribution is -0.137. The highest BCUT2D eigenvalue weighted by Crippen LogP contribution is 2.65. The molecule has 2 heterocycles. The number of hydrogen-bond acceptors (Lipinski definition) is 6. The van der Waals surface area contributed by atoms with E-state index in [9.17, 15) is 27.9 Å². The summed E-state index contributed by atoms with van der Waals surface area (Å²) in [5.74, 6) is 5.23. The molecule has 1 saturated carbocycles. The zero-order valence-electron chi connectivity index (χ0n) is 26.1. The number of esters is 1. The lowest BCUT2D eigenvalue weighted by atomic mass is 9.50. The van der Waals surface area contributed by atoms with Crippen LogP contribution in [0.2, 0.25) is 0 Å². The minimum absolute atomic E-state index is 0.0750. The molecule has 0 unspecified atom stereocenters. The summed E-state index contributed by atoms with van der Waals surface area (Å²) in [5.41, 5.74) is 1.97. The lowest BCUT2D eigenvalue weighted by Crippen LogP contribution is -2.69. The maximum absolute atomic E-state index is 13.5. The Kier molecular flexibility index (Phi) is 7.71. The fourth-order valence-corrected chi connectivity index (χ4v) is 8.58. The summed E-state index contributed by atoms with van der Waals surface area (Å²) in [4.78, 5) is 29.7. The van der Waals surface area contributed by atoms with E-state index < -0.39 is 35.1 Å². The average molecular weight is 645 g/mol. The predicted octanol–water partition coefficient (Wildman–Crippen LogP) is 5.50. The Labute approximate surface area is 271 Å². The third-order valence-electron chi connectivity index (χ3n) is 10.6. The number of hydrogen-bond donors (Lipinski definition) is 1. The van der Waals surface area contributed by atoms with Crippen molar-refractivity contribution in [2.45, 2.75) is 68.8 Å². The van der Waals surface area contributed by atoms with Crippen LogP contribution in [0.3, 0.4) is 0 Å². The molecule has 5 atom stereocenters. The number of nitrogens with zero attached hydrogens (tertiary/aromatic N) is 2. The fourth-order valence-electron chi connectivity index (χ4n) is 8.58. The predicted molar refractivity (Wildman–Crippen MR) is 167 cm³/mol. The Morgan fingerprint density at radius 1 is 1.13 bits per heavy atom. The average Bonchev–Trinajstić information content (AvgIpc) is 3.39. The molecule has 2 aliphatic carbocycles. The van der Waals surface area contributed by atoms with Crippen molar-refractivity contribution in [2.75, 3.05) is 20.1 Å². The molecule has 7 nitrogen and oxygen atoms in total. The summed E-state index contributed by atoms with van der Waals surface area (Å²) < 4.78 is 51.3. The van der Waals surface area contributed by atoms with Gasteiger partial charge in [-0.15, -0.1) is 0 Å². The highest BCUT2D eigenvalue weighted by atomic mass is 19.4. The van der Waals surface area contributed by atoms with E-state index in [0.717, 1.165) is 55.6 Å². The van der Waals surface area contributed by atoms with E-state index in [1.54, 1.807) is 11.9 Å². The Morgan fingerprint density at radius 3 is 2.57 bits per heavy atom. The van der Waals surface area contributed by atoms with Gasteiger partial charge in [-0.25, -0.2) is 0 Å². The first-order valence-corrected chi connectivity index (χ1v) is 16.0. The molecule has 7 rings (SSSR count). The Morgan fingerprint density at radius 2 is 1.87 bits per heavy atom. The number of rotatable bonds is 5. The van der Waals surface area contributed by atoms with E-state index in [1.807, 2.05) is 18.2 Å². The van der Waals surface area contributed by atoms with Crippen LogP contribution in [0.1, 0.15) is 54.0 Å². The second kappa shape index (κ2) is 11.6. The molecule has 244 valence electrons. The molecule has 1 N–H and O–H groups in total. The van der Waals surface area contributed by atoms with Gasteiger partial charge in [-0.3, -0.25) is 14.5 Å². The van der Waals surface area contributed by atoms with Gasteiger partial charge in [0.05, 0.1) is 11.6 Å². The van der Waals surface area contributed by atoms with Crippen LogP contribution < -0.4 is 9.47 Å². The number of carbonyl (C=O) groups excluding carboxylic acids is 2. The molecule has 0 aromatic heterocycles. The van der Waals surface area contributed by atoms with Crippen LogP contribution in [0, 0.1) is 17.8 Å². The standard InChI is InChI=1S/C37H35F3N2O5/c1-22(43)46-31-21-30(44)26-20-29-27-13-14-28(41(2)32(45)15-10-24-8-11-25(12-9-24)37(38,39)40)35-36(27,33(26)34(31)47-35)17-19-42(29)18-16-23-6-4-3-5-7-23/h3-9,11-12,21,27-29,35,44H,13-14,16-20H2,1-2H3/t27-,28+,29+,35-,36-/m0/s1. The fraction of sp³-hybridized carbons (Fsp3) is 0.405. The number of ether oxygens (including phenoxy) is 2. The van der Waals surface area contributed by atoms with Gasteiger partial charge in [0.15, 0.2) is 11.5 Å².